The maximum absolute atomic E-state index is 10.5. The molecule has 1 aromatic rings. The summed E-state index contributed by atoms with van der Waals surface area (Å²) in [5.41, 5.74) is 1.15. The molecule has 0 bridgehead atoms. The van der Waals surface area contributed by atoms with Crippen molar-refractivity contribution in [3.8, 4) is 6.07 Å². The van der Waals surface area contributed by atoms with Gasteiger partial charge in [-0.1, -0.05) is 38.8 Å². The minimum atomic E-state index is -0.601. The molecule has 0 saturated carbocycles. The number of benzene rings is 1. The number of nitrogens with zero attached hydrogens (tertiary/aromatic N) is 1. The van der Waals surface area contributed by atoms with Crippen LogP contribution in [0.1, 0.15) is 50.7 Å². The van der Waals surface area contributed by atoms with Gasteiger partial charge in [-0.05, 0) is 30.5 Å². The Morgan fingerprint density at radius 3 is 2.53 bits per heavy atom. The fourth-order valence-electron chi connectivity index (χ4n) is 2.42. The fraction of sp³-hybridized carbons (Fsp3) is 0.562. The molecule has 0 unspecified atom stereocenters. The van der Waals surface area contributed by atoms with Gasteiger partial charge in [-0.25, -0.2) is 0 Å². The van der Waals surface area contributed by atoms with Gasteiger partial charge in [0, 0.05) is 13.1 Å². The predicted octanol–water partition coefficient (Wildman–Crippen LogP) is 2.98. The van der Waals surface area contributed by atoms with E-state index in [9.17, 15) is 5.11 Å². The molecular formula is C16H24N2O. The van der Waals surface area contributed by atoms with Crippen LogP contribution in [-0.2, 0) is 6.54 Å². The van der Waals surface area contributed by atoms with E-state index >= 15 is 0 Å². The SMILES string of the molecule is CCCC(O)(CCC)CNCc1cccc(C#N)c1. The van der Waals surface area contributed by atoms with Gasteiger partial charge in [0.05, 0.1) is 17.2 Å². The van der Waals surface area contributed by atoms with Gasteiger partial charge in [-0.15, -0.1) is 0 Å². The second-order valence-electron chi connectivity index (χ2n) is 5.14. The van der Waals surface area contributed by atoms with Crippen molar-refractivity contribution < 1.29 is 5.11 Å². The monoisotopic (exact) mass is 260 g/mol. The third-order valence-electron chi connectivity index (χ3n) is 3.27. The standard InChI is InChI=1S/C16H24N2O/c1-3-8-16(19,9-4-2)13-18-12-15-7-5-6-14(10-15)11-17/h5-7,10,18-19H,3-4,8-9,12-13H2,1-2H3. The molecule has 2 N–H and O–H groups in total. The Balaban J connectivity index is 2.49. The van der Waals surface area contributed by atoms with Crippen LogP contribution < -0.4 is 5.32 Å². The molecule has 0 spiro atoms. The van der Waals surface area contributed by atoms with E-state index in [1.807, 2.05) is 18.2 Å². The highest BCUT2D eigenvalue weighted by molar-refractivity contribution is 5.32. The Morgan fingerprint density at radius 2 is 1.95 bits per heavy atom. The van der Waals surface area contributed by atoms with Gasteiger partial charge >= 0.3 is 0 Å². The lowest BCUT2D eigenvalue weighted by atomic mass is 9.92. The summed E-state index contributed by atoms with van der Waals surface area (Å²) >= 11 is 0. The van der Waals surface area contributed by atoms with Crippen molar-refractivity contribution in [2.75, 3.05) is 6.54 Å². The van der Waals surface area contributed by atoms with E-state index in [0.717, 1.165) is 31.2 Å². The van der Waals surface area contributed by atoms with E-state index in [0.29, 0.717) is 18.7 Å². The van der Waals surface area contributed by atoms with Crippen LogP contribution >= 0.6 is 0 Å². The van der Waals surface area contributed by atoms with Crippen molar-refractivity contribution in [2.24, 2.45) is 0 Å². The van der Waals surface area contributed by atoms with Crippen molar-refractivity contribution in [3.05, 3.63) is 35.4 Å². The summed E-state index contributed by atoms with van der Waals surface area (Å²) in [7, 11) is 0. The van der Waals surface area contributed by atoms with Gasteiger partial charge in [-0.3, -0.25) is 0 Å². The number of nitrogens with one attached hydrogen (secondary N) is 1. The highest BCUT2D eigenvalue weighted by atomic mass is 16.3. The average molecular weight is 260 g/mol. The molecule has 3 heteroatoms. The zero-order chi connectivity index (χ0) is 14.1. The maximum atomic E-state index is 10.5. The molecule has 0 fully saturated rings. The molecule has 19 heavy (non-hydrogen) atoms. The second-order valence-corrected chi connectivity index (χ2v) is 5.14. The quantitative estimate of drug-likeness (QED) is 0.755. The van der Waals surface area contributed by atoms with Crippen molar-refractivity contribution in [1.29, 1.82) is 5.26 Å². The van der Waals surface area contributed by atoms with Crippen LogP contribution in [0.25, 0.3) is 0 Å². The maximum Gasteiger partial charge on any atom is 0.0991 e. The number of nitriles is 1. The smallest absolute Gasteiger partial charge is 0.0991 e. The molecule has 0 aliphatic carbocycles. The van der Waals surface area contributed by atoms with Gasteiger partial charge < -0.3 is 10.4 Å². The highest BCUT2D eigenvalue weighted by Crippen LogP contribution is 2.18. The first-order chi connectivity index (χ1) is 9.13. The van der Waals surface area contributed by atoms with Crippen molar-refractivity contribution in [1.82, 2.24) is 5.32 Å². The van der Waals surface area contributed by atoms with E-state index in [4.69, 9.17) is 5.26 Å². The summed E-state index contributed by atoms with van der Waals surface area (Å²) in [6.07, 6.45) is 3.63. The molecule has 0 heterocycles. The summed E-state index contributed by atoms with van der Waals surface area (Å²) < 4.78 is 0. The molecule has 0 radical (unpaired) electrons. The Hall–Kier alpha value is -1.37. The minimum Gasteiger partial charge on any atom is -0.389 e. The van der Waals surface area contributed by atoms with E-state index in [-0.39, 0.29) is 0 Å². The molecule has 104 valence electrons. The molecule has 0 saturated heterocycles. The highest BCUT2D eigenvalue weighted by Gasteiger charge is 2.23. The molecule has 0 aliphatic heterocycles. The molecule has 0 amide bonds. The second kappa shape index (κ2) is 7.93. The van der Waals surface area contributed by atoms with Gasteiger partial charge in [0.25, 0.3) is 0 Å². The number of hydrogen-bond donors (Lipinski definition) is 2. The third-order valence-corrected chi connectivity index (χ3v) is 3.27. The zero-order valence-electron chi connectivity index (χ0n) is 11.9. The molecular weight excluding hydrogens is 236 g/mol. The first-order valence-electron chi connectivity index (χ1n) is 7.05. The predicted molar refractivity (Wildman–Crippen MR) is 77.6 cm³/mol. The summed E-state index contributed by atoms with van der Waals surface area (Å²) in [5.74, 6) is 0. The Labute approximate surface area is 116 Å². The minimum absolute atomic E-state index is 0.601. The summed E-state index contributed by atoms with van der Waals surface area (Å²) in [5, 5.41) is 22.6. The van der Waals surface area contributed by atoms with Crippen LogP contribution in [0.3, 0.4) is 0 Å². The number of hydrogen-bond acceptors (Lipinski definition) is 3. The van der Waals surface area contributed by atoms with Crippen LogP contribution in [0, 0.1) is 11.3 Å². The van der Waals surface area contributed by atoms with Crippen molar-refractivity contribution in [2.45, 2.75) is 51.7 Å². The van der Waals surface area contributed by atoms with E-state index in [1.54, 1.807) is 6.07 Å². The van der Waals surface area contributed by atoms with E-state index in [1.165, 1.54) is 0 Å². The Kier molecular flexibility index (Phi) is 6.55. The lowest BCUT2D eigenvalue weighted by Crippen LogP contribution is -2.40. The molecule has 3 nitrogen and oxygen atoms in total. The molecule has 0 aromatic heterocycles. The summed E-state index contributed by atoms with van der Waals surface area (Å²) in [6, 6.07) is 9.70. The Bertz CT molecular complexity index is 417. The van der Waals surface area contributed by atoms with Crippen LogP contribution in [0.15, 0.2) is 24.3 Å². The largest absolute Gasteiger partial charge is 0.389 e. The number of aliphatic hydroxyl groups is 1. The third kappa shape index (κ3) is 5.42. The van der Waals surface area contributed by atoms with Crippen molar-refractivity contribution >= 4 is 0 Å². The van der Waals surface area contributed by atoms with E-state index < -0.39 is 5.60 Å². The van der Waals surface area contributed by atoms with Gasteiger partial charge in [0.2, 0.25) is 0 Å². The number of rotatable bonds is 8. The fourth-order valence-corrected chi connectivity index (χ4v) is 2.42. The van der Waals surface area contributed by atoms with Crippen LogP contribution in [-0.4, -0.2) is 17.3 Å². The molecule has 0 atom stereocenters. The summed E-state index contributed by atoms with van der Waals surface area (Å²) in [6.45, 7) is 5.48. The van der Waals surface area contributed by atoms with Crippen LogP contribution in [0.5, 0.6) is 0 Å². The first-order valence-corrected chi connectivity index (χ1v) is 7.05. The topological polar surface area (TPSA) is 56.0 Å². The lowest BCUT2D eigenvalue weighted by Gasteiger charge is -2.28. The zero-order valence-corrected chi connectivity index (χ0v) is 11.9. The lowest BCUT2D eigenvalue weighted by molar-refractivity contribution is 0.0215. The molecule has 1 aromatic carbocycles. The molecule has 1 rings (SSSR count). The van der Waals surface area contributed by atoms with Gasteiger partial charge in [0.15, 0.2) is 0 Å². The average Bonchev–Trinajstić information content (AvgIpc) is 2.39. The van der Waals surface area contributed by atoms with Crippen LogP contribution in [0.2, 0.25) is 0 Å². The Morgan fingerprint density at radius 1 is 1.26 bits per heavy atom. The normalized spacial score (nSPS) is 11.3. The van der Waals surface area contributed by atoms with Crippen molar-refractivity contribution in [3.63, 3.8) is 0 Å². The van der Waals surface area contributed by atoms with Gasteiger partial charge in [-0.2, -0.15) is 5.26 Å². The molecule has 0 aliphatic rings. The van der Waals surface area contributed by atoms with E-state index in [2.05, 4.69) is 25.2 Å². The first kappa shape index (κ1) is 15.7. The summed E-state index contributed by atoms with van der Waals surface area (Å²) in [4.78, 5) is 0. The van der Waals surface area contributed by atoms with Crippen LogP contribution in [0.4, 0.5) is 0 Å². The van der Waals surface area contributed by atoms with Gasteiger partial charge in [0.1, 0.15) is 0 Å².